The van der Waals surface area contributed by atoms with E-state index in [4.69, 9.17) is 0 Å². The zero-order valence-electron chi connectivity index (χ0n) is 16.2. The van der Waals surface area contributed by atoms with Crippen LogP contribution in [0.1, 0.15) is 18.4 Å². The van der Waals surface area contributed by atoms with E-state index in [9.17, 15) is 12.8 Å². The first kappa shape index (κ1) is 20.3. The Labute approximate surface area is 177 Å². The average molecular weight is 444 g/mol. The first-order chi connectivity index (χ1) is 14.3. The van der Waals surface area contributed by atoms with Crippen molar-refractivity contribution in [1.82, 2.24) is 19.6 Å². The number of nitrogens with one attached hydrogen (secondary N) is 1. The number of benzene rings is 2. The number of rotatable bonds is 6. The van der Waals surface area contributed by atoms with Gasteiger partial charge in [0, 0.05) is 16.3 Å². The minimum Gasteiger partial charge on any atom is -0.280 e. The SMILES string of the molecule is CCc1cc(Sc2ccc(NS(=O)(=O)c3ccc(F)cc3)cc2)n2nc(C)nc2n1. The molecule has 2 aromatic heterocycles. The third-order valence-electron chi connectivity index (χ3n) is 4.25. The highest BCUT2D eigenvalue weighted by Gasteiger charge is 2.15. The molecule has 0 fully saturated rings. The van der Waals surface area contributed by atoms with E-state index in [0.717, 1.165) is 34.2 Å². The van der Waals surface area contributed by atoms with E-state index in [2.05, 4.69) is 19.8 Å². The monoisotopic (exact) mass is 443 g/mol. The molecule has 4 aromatic rings. The van der Waals surface area contributed by atoms with Crippen LogP contribution in [0.2, 0.25) is 0 Å². The van der Waals surface area contributed by atoms with Crippen molar-refractivity contribution in [3.63, 3.8) is 0 Å². The van der Waals surface area contributed by atoms with Gasteiger partial charge < -0.3 is 0 Å². The van der Waals surface area contributed by atoms with Gasteiger partial charge in [0.05, 0.1) is 4.90 Å². The summed E-state index contributed by atoms with van der Waals surface area (Å²) < 4.78 is 42.1. The summed E-state index contributed by atoms with van der Waals surface area (Å²) in [7, 11) is -3.79. The Morgan fingerprint density at radius 2 is 1.77 bits per heavy atom. The Hall–Kier alpha value is -2.98. The molecule has 0 aliphatic carbocycles. The molecule has 2 heterocycles. The summed E-state index contributed by atoms with van der Waals surface area (Å²) in [5.74, 6) is 0.704. The van der Waals surface area contributed by atoms with Crippen LogP contribution < -0.4 is 4.72 Å². The molecule has 10 heteroatoms. The Balaban J connectivity index is 1.56. The number of aryl methyl sites for hydroxylation is 2. The molecule has 0 unspecified atom stereocenters. The molecular weight excluding hydrogens is 425 g/mol. The summed E-state index contributed by atoms with van der Waals surface area (Å²) in [5, 5.41) is 5.27. The highest BCUT2D eigenvalue weighted by molar-refractivity contribution is 7.99. The molecule has 0 bridgehead atoms. The number of halogens is 1. The topological polar surface area (TPSA) is 89.2 Å². The fourth-order valence-corrected chi connectivity index (χ4v) is 4.76. The number of hydrogen-bond donors (Lipinski definition) is 1. The molecule has 154 valence electrons. The van der Waals surface area contributed by atoms with Gasteiger partial charge in [0.1, 0.15) is 16.7 Å². The predicted octanol–water partition coefficient (Wildman–Crippen LogP) is 4.09. The van der Waals surface area contributed by atoms with Gasteiger partial charge in [-0.3, -0.25) is 4.72 Å². The second-order valence-electron chi connectivity index (χ2n) is 6.50. The van der Waals surface area contributed by atoms with Crippen molar-refractivity contribution in [2.45, 2.75) is 35.1 Å². The van der Waals surface area contributed by atoms with E-state index < -0.39 is 15.8 Å². The number of hydrogen-bond acceptors (Lipinski definition) is 6. The number of sulfonamides is 1. The highest BCUT2D eigenvalue weighted by atomic mass is 32.2. The number of nitrogens with zero attached hydrogens (tertiary/aromatic N) is 4. The molecule has 0 saturated heterocycles. The lowest BCUT2D eigenvalue weighted by molar-refractivity contribution is 0.599. The van der Waals surface area contributed by atoms with Gasteiger partial charge in [-0.05, 0) is 67.9 Å². The van der Waals surface area contributed by atoms with Gasteiger partial charge in [-0.2, -0.15) is 9.50 Å². The second-order valence-corrected chi connectivity index (χ2v) is 9.27. The molecule has 2 aromatic carbocycles. The summed E-state index contributed by atoms with van der Waals surface area (Å²) >= 11 is 1.49. The Morgan fingerprint density at radius 1 is 1.07 bits per heavy atom. The van der Waals surface area contributed by atoms with Crippen molar-refractivity contribution >= 4 is 33.3 Å². The zero-order valence-corrected chi connectivity index (χ0v) is 17.8. The highest BCUT2D eigenvalue weighted by Crippen LogP contribution is 2.29. The lowest BCUT2D eigenvalue weighted by atomic mass is 10.3. The van der Waals surface area contributed by atoms with Crippen molar-refractivity contribution in [3.05, 3.63) is 71.9 Å². The number of aromatic nitrogens is 4. The van der Waals surface area contributed by atoms with Gasteiger partial charge in [-0.15, -0.1) is 5.10 Å². The average Bonchev–Trinajstić information content (AvgIpc) is 3.10. The maximum absolute atomic E-state index is 13.0. The maximum atomic E-state index is 13.0. The van der Waals surface area contributed by atoms with Gasteiger partial charge in [0.25, 0.3) is 15.8 Å². The first-order valence-corrected chi connectivity index (χ1v) is 11.4. The van der Waals surface area contributed by atoms with Crippen molar-refractivity contribution in [3.8, 4) is 0 Å². The predicted molar refractivity (Wildman–Crippen MR) is 113 cm³/mol. The van der Waals surface area contributed by atoms with Crippen LogP contribution in [0, 0.1) is 12.7 Å². The van der Waals surface area contributed by atoms with E-state index in [0.29, 0.717) is 17.3 Å². The number of fused-ring (bicyclic) bond motifs is 1. The molecule has 1 N–H and O–H groups in total. The smallest absolute Gasteiger partial charge is 0.261 e. The lowest BCUT2D eigenvalue weighted by Gasteiger charge is -2.09. The summed E-state index contributed by atoms with van der Waals surface area (Å²) in [6.07, 6.45) is 0.778. The molecule has 30 heavy (non-hydrogen) atoms. The minimum atomic E-state index is -3.79. The summed E-state index contributed by atoms with van der Waals surface area (Å²) in [6.45, 7) is 3.84. The minimum absolute atomic E-state index is 0.00447. The standard InChI is InChI=1S/C20H18FN5O2S2/c1-3-15-12-19(26-20(23-15)22-13(2)24-26)29-17-8-6-16(7-9-17)25-30(27,28)18-10-4-14(21)5-11-18/h4-12,25H,3H2,1-2H3. The molecule has 4 rings (SSSR count). The van der Waals surface area contributed by atoms with Crippen LogP contribution in [0.5, 0.6) is 0 Å². The van der Waals surface area contributed by atoms with Gasteiger partial charge in [0.15, 0.2) is 0 Å². The van der Waals surface area contributed by atoms with Crippen LogP contribution in [0.4, 0.5) is 10.1 Å². The van der Waals surface area contributed by atoms with Crippen LogP contribution in [0.15, 0.2) is 69.4 Å². The van der Waals surface area contributed by atoms with Gasteiger partial charge in [0.2, 0.25) is 0 Å². The third kappa shape index (κ3) is 4.29. The second kappa shape index (κ2) is 8.04. The molecule has 0 aliphatic heterocycles. The maximum Gasteiger partial charge on any atom is 0.261 e. The molecule has 0 atom stereocenters. The Morgan fingerprint density at radius 3 is 2.43 bits per heavy atom. The molecule has 7 nitrogen and oxygen atoms in total. The van der Waals surface area contributed by atoms with Gasteiger partial charge >= 0.3 is 0 Å². The van der Waals surface area contributed by atoms with Gasteiger partial charge in [-0.25, -0.2) is 17.8 Å². The molecular formula is C20H18FN5O2S2. The van der Waals surface area contributed by atoms with Crippen LogP contribution in [-0.4, -0.2) is 28.0 Å². The fourth-order valence-electron chi connectivity index (χ4n) is 2.78. The summed E-state index contributed by atoms with van der Waals surface area (Å²) in [6, 6.07) is 13.6. The largest absolute Gasteiger partial charge is 0.280 e. The molecule has 0 amide bonds. The third-order valence-corrected chi connectivity index (χ3v) is 6.66. The van der Waals surface area contributed by atoms with Crippen LogP contribution >= 0.6 is 11.8 Å². The molecule has 0 spiro atoms. The Bertz CT molecular complexity index is 1300. The quantitative estimate of drug-likeness (QED) is 0.452. The van der Waals surface area contributed by atoms with E-state index in [1.54, 1.807) is 16.6 Å². The van der Waals surface area contributed by atoms with Crippen LogP contribution in [0.3, 0.4) is 0 Å². The van der Waals surface area contributed by atoms with Crippen molar-refractivity contribution < 1.29 is 12.8 Å². The Kier molecular flexibility index (Phi) is 5.44. The molecule has 0 radical (unpaired) electrons. The summed E-state index contributed by atoms with van der Waals surface area (Å²) in [5.41, 5.74) is 1.33. The fraction of sp³-hybridized carbons (Fsp3) is 0.150. The lowest BCUT2D eigenvalue weighted by Crippen LogP contribution is -2.12. The van der Waals surface area contributed by atoms with E-state index in [1.165, 1.54) is 23.9 Å². The van der Waals surface area contributed by atoms with Crippen molar-refractivity contribution in [1.29, 1.82) is 0 Å². The summed E-state index contributed by atoms with van der Waals surface area (Å²) in [4.78, 5) is 9.72. The van der Waals surface area contributed by atoms with E-state index in [-0.39, 0.29) is 4.90 Å². The van der Waals surface area contributed by atoms with E-state index >= 15 is 0 Å². The first-order valence-electron chi connectivity index (χ1n) is 9.13. The zero-order chi connectivity index (χ0) is 21.3. The molecule has 0 aliphatic rings. The van der Waals surface area contributed by atoms with Crippen molar-refractivity contribution in [2.24, 2.45) is 0 Å². The number of anilines is 1. The van der Waals surface area contributed by atoms with Crippen LogP contribution in [0.25, 0.3) is 5.78 Å². The van der Waals surface area contributed by atoms with Gasteiger partial charge in [-0.1, -0.05) is 18.7 Å². The molecule has 0 saturated carbocycles. The normalized spacial score (nSPS) is 11.7. The van der Waals surface area contributed by atoms with E-state index in [1.807, 2.05) is 32.0 Å². The van der Waals surface area contributed by atoms with Crippen molar-refractivity contribution in [2.75, 3.05) is 4.72 Å². The van der Waals surface area contributed by atoms with Crippen LogP contribution in [-0.2, 0) is 16.4 Å².